The van der Waals surface area contributed by atoms with Crippen LogP contribution < -0.4 is 17.0 Å². The maximum absolute atomic E-state index is 12.9. The third-order valence-electron chi connectivity index (χ3n) is 6.22. The molecule has 1 aliphatic heterocycles. The zero-order valence-corrected chi connectivity index (χ0v) is 18.2. The van der Waals surface area contributed by atoms with E-state index in [0.717, 1.165) is 43.6 Å². The van der Waals surface area contributed by atoms with Crippen molar-refractivity contribution >= 4 is 10.8 Å². The summed E-state index contributed by atoms with van der Waals surface area (Å²) in [5.74, 6) is 0. The van der Waals surface area contributed by atoms with Crippen molar-refractivity contribution in [2.75, 3.05) is 13.2 Å². The highest BCUT2D eigenvalue weighted by Crippen LogP contribution is 2.34. The number of aliphatic hydroxyl groups is 1. The van der Waals surface area contributed by atoms with Gasteiger partial charge < -0.3 is 26.6 Å². The molecule has 1 heterocycles. The second kappa shape index (κ2) is 9.08. The molecule has 0 aromatic heterocycles. The van der Waals surface area contributed by atoms with Gasteiger partial charge in [0.15, 0.2) is 0 Å². The number of benzene rings is 3. The second-order valence-corrected chi connectivity index (χ2v) is 8.11. The fourth-order valence-corrected chi connectivity index (χ4v) is 4.70. The Morgan fingerprint density at radius 2 is 1.50 bits per heavy atom. The van der Waals surface area contributed by atoms with E-state index in [1.54, 1.807) is 12.1 Å². The molecule has 1 fully saturated rings. The molecule has 2 nitrogen and oxygen atoms in total. The third kappa shape index (κ3) is 4.71. The topological polar surface area (TPSA) is 20.2 Å². The van der Waals surface area contributed by atoms with Crippen LogP contribution >= 0.6 is 0 Å². The van der Waals surface area contributed by atoms with E-state index in [1.807, 2.05) is 12.1 Å². The molecule has 4 rings (SSSR count). The van der Waals surface area contributed by atoms with Crippen molar-refractivity contribution in [3.8, 4) is 0 Å². The molecule has 6 heteroatoms. The van der Waals surface area contributed by atoms with E-state index < -0.39 is 11.7 Å². The summed E-state index contributed by atoms with van der Waals surface area (Å²) in [4.78, 5) is 0. The normalized spacial score (nSPS) is 21.5. The lowest BCUT2D eigenvalue weighted by Crippen LogP contribution is -3.00. The Kier molecular flexibility index (Phi) is 6.90. The number of nitrogens with zero attached hydrogens (tertiary/aromatic N) is 1. The van der Waals surface area contributed by atoms with Crippen LogP contribution in [0.1, 0.15) is 29.5 Å². The monoisotopic (exact) mass is 479 g/mol. The first-order valence-electron chi connectivity index (χ1n) is 10.0. The van der Waals surface area contributed by atoms with Crippen LogP contribution in [0.15, 0.2) is 66.7 Å². The largest absolute Gasteiger partial charge is 1.00 e. The van der Waals surface area contributed by atoms with Crippen LogP contribution in [0, 0.1) is 0 Å². The Bertz CT molecular complexity index is 990. The minimum absolute atomic E-state index is 0. The van der Waals surface area contributed by atoms with Crippen LogP contribution in [0.2, 0.25) is 0 Å². The van der Waals surface area contributed by atoms with Gasteiger partial charge in [-0.05, 0) is 29.0 Å². The quantitative estimate of drug-likeness (QED) is 0.557. The Morgan fingerprint density at radius 1 is 0.867 bits per heavy atom. The molecule has 3 aromatic rings. The summed E-state index contributed by atoms with van der Waals surface area (Å²) in [5, 5.41) is 12.4. The minimum atomic E-state index is -4.32. The molecule has 0 radical (unpaired) electrons. The van der Waals surface area contributed by atoms with Crippen LogP contribution in [0.25, 0.3) is 10.8 Å². The van der Waals surface area contributed by atoms with E-state index >= 15 is 0 Å². The number of alkyl halides is 3. The molecule has 3 aromatic carbocycles. The first kappa shape index (κ1) is 22.8. The zero-order chi connectivity index (χ0) is 20.5. The first-order valence-corrected chi connectivity index (χ1v) is 10.0. The Morgan fingerprint density at radius 3 is 2.17 bits per heavy atom. The van der Waals surface area contributed by atoms with Crippen molar-refractivity contribution in [2.45, 2.75) is 38.1 Å². The van der Waals surface area contributed by atoms with Gasteiger partial charge >= 0.3 is 6.18 Å². The highest BCUT2D eigenvalue weighted by atomic mass is 79.9. The Hall–Kier alpha value is -1.89. The lowest BCUT2D eigenvalue weighted by Gasteiger charge is -2.40. The van der Waals surface area contributed by atoms with Crippen LogP contribution in [0.3, 0.4) is 0 Å². The molecule has 160 valence electrons. The number of halogens is 4. The van der Waals surface area contributed by atoms with Gasteiger partial charge in [-0.3, -0.25) is 0 Å². The summed E-state index contributed by atoms with van der Waals surface area (Å²) in [6, 6.07) is 20.2. The molecule has 1 unspecified atom stereocenters. The number of rotatable bonds is 5. The van der Waals surface area contributed by atoms with Gasteiger partial charge in [0.25, 0.3) is 0 Å². The summed E-state index contributed by atoms with van der Waals surface area (Å²) in [6.45, 7) is 2.39. The Labute approximate surface area is 185 Å². The van der Waals surface area contributed by atoms with Crippen molar-refractivity contribution in [1.82, 2.24) is 0 Å². The van der Waals surface area contributed by atoms with Gasteiger partial charge in [-0.1, -0.05) is 48.5 Å². The lowest BCUT2D eigenvalue weighted by molar-refractivity contribution is -0.964. The molecule has 0 saturated carbocycles. The number of hydrogen-bond donors (Lipinski definition) is 1. The molecule has 30 heavy (non-hydrogen) atoms. The summed E-state index contributed by atoms with van der Waals surface area (Å²) >= 11 is 0. The number of hydrogen-bond acceptors (Lipinski definition) is 1. The van der Waals surface area contributed by atoms with E-state index in [4.69, 9.17) is 0 Å². The van der Waals surface area contributed by atoms with E-state index in [1.165, 1.54) is 16.3 Å². The molecule has 2 atom stereocenters. The van der Waals surface area contributed by atoms with Gasteiger partial charge in [-0.25, -0.2) is 0 Å². The molecule has 0 bridgehead atoms. The smallest absolute Gasteiger partial charge is 0.416 e. The Balaban J connectivity index is 0.00000256. The van der Waals surface area contributed by atoms with Crippen molar-refractivity contribution in [2.24, 2.45) is 0 Å². The molecule has 0 aliphatic carbocycles. The van der Waals surface area contributed by atoms with E-state index in [-0.39, 0.29) is 29.6 Å². The van der Waals surface area contributed by atoms with Gasteiger partial charge in [-0.2, -0.15) is 13.2 Å². The standard InChI is InChI=1S/C24H25F3NO.BrH/c25-24(26,27)22-11-8-18(9-12-22)15-28(13-3-6-23(28)17-29)16-19-7-10-20-4-1-2-5-21(20)14-19;/h1-2,4-5,7-12,14,23,29H,3,6,13,15-17H2;1H/q+1;/p-1/t23-,28?;/m0./s1. The predicted octanol–water partition coefficient (Wildman–Crippen LogP) is 2.53. The van der Waals surface area contributed by atoms with Crippen LogP contribution in [0.4, 0.5) is 13.2 Å². The SMILES string of the molecule is OC[C@@H]1CCC[N+]1(Cc1ccc(C(F)(F)F)cc1)Cc1ccc2ccccc2c1.[Br-]. The number of quaternary nitrogens is 1. The minimum Gasteiger partial charge on any atom is -1.00 e. The maximum atomic E-state index is 12.9. The van der Waals surface area contributed by atoms with Crippen molar-refractivity contribution < 1.29 is 39.7 Å². The molecule has 1 aliphatic rings. The number of aliphatic hydroxyl groups excluding tert-OH is 1. The lowest BCUT2D eigenvalue weighted by atomic mass is 10.0. The zero-order valence-electron chi connectivity index (χ0n) is 16.6. The van der Waals surface area contributed by atoms with Gasteiger partial charge in [-0.15, -0.1) is 0 Å². The van der Waals surface area contributed by atoms with E-state index in [0.29, 0.717) is 11.0 Å². The van der Waals surface area contributed by atoms with Crippen molar-refractivity contribution in [3.05, 3.63) is 83.4 Å². The molecular formula is C24H25BrF3NO. The fourth-order valence-electron chi connectivity index (χ4n) is 4.70. The van der Waals surface area contributed by atoms with Crippen LogP contribution in [-0.4, -0.2) is 28.8 Å². The highest BCUT2D eigenvalue weighted by molar-refractivity contribution is 5.82. The van der Waals surface area contributed by atoms with Gasteiger partial charge in [0, 0.05) is 24.0 Å². The number of likely N-dealkylation sites (tertiary alicyclic amines) is 1. The summed E-state index contributed by atoms with van der Waals surface area (Å²) < 4.78 is 39.4. The number of fused-ring (bicyclic) bond motifs is 1. The summed E-state index contributed by atoms with van der Waals surface area (Å²) in [7, 11) is 0. The molecular weight excluding hydrogens is 455 g/mol. The van der Waals surface area contributed by atoms with Crippen LogP contribution in [-0.2, 0) is 19.3 Å². The second-order valence-electron chi connectivity index (χ2n) is 8.11. The molecule has 0 spiro atoms. The van der Waals surface area contributed by atoms with E-state index in [9.17, 15) is 18.3 Å². The van der Waals surface area contributed by atoms with Crippen molar-refractivity contribution in [1.29, 1.82) is 0 Å². The van der Waals surface area contributed by atoms with Gasteiger partial charge in [0.1, 0.15) is 19.1 Å². The molecule has 1 saturated heterocycles. The van der Waals surface area contributed by atoms with E-state index in [2.05, 4.69) is 30.3 Å². The van der Waals surface area contributed by atoms with Crippen molar-refractivity contribution in [3.63, 3.8) is 0 Å². The average molecular weight is 480 g/mol. The summed E-state index contributed by atoms with van der Waals surface area (Å²) in [6.07, 6.45) is -2.37. The highest BCUT2D eigenvalue weighted by Gasteiger charge is 2.41. The molecule has 0 amide bonds. The predicted molar refractivity (Wildman–Crippen MR) is 108 cm³/mol. The van der Waals surface area contributed by atoms with Crippen LogP contribution in [0.5, 0.6) is 0 Å². The first-order chi connectivity index (χ1) is 13.9. The average Bonchev–Trinajstić information content (AvgIpc) is 3.09. The van der Waals surface area contributed by atoms with Gasteiger partial charge in [0.2, 0.25) is 0 Å². The maximum Gasteiger partial charge on any atom is 0.416 e. The molecule has 1 N–H and O–H groups in total. The van der Waals surface area contributed by atoms with Gasteiger partial charge in [0.05, 0.1) is 18.7 Å². The third-order valence-corrected chi connectivity index (χ3v) is 6.22. The fraction of sp³-hybridized carbons (Fsp3) is 0.333. The summed E-state index contributed by atoms with van der Waals surface area (Å²) in [5.41, 5.74) is 1.44.